The van der Waals surface area contributed by atoms with Crippen molar-refractivity contribution in [2.45, 2.75) is 18.9 Å². The van der Waals surface area contributed by atoms with Crippen LogP contribution in [0.3, 0.4) is 0 Å². The van der Waals surface area contributed by atoms with Crippen LogP contribution in [0.2, 0.25) is 0 Å². The minimum Gasteiger partial charge on any atom is -0.450 e. The van der Waals surface area contributed by atoms with Crippen LogP contribution >= 0.6 is 0 Å². The first kappa shape index (κ1) is 23.0. The van der Waals surface area contributed by atoms with Crippen molar-refractivity contribution >= 4 is 28.8 Å². The first-order valence-corrected chi connectivity index (χ1v) is 12.0. The van der Waals surface area contributed by atoms with Gasteiger partial charge in [-0.05, 0) is 24.6 Å². The number of ether oxygens (including phenoxy) is 1. The zero-order valence-corrected chi connectivity index (χ0v) is 20.3. The summed E-state index contributed by atoms with van der Waals surface area (Å²) in [6.07, 6.45) is 1.69. The van der Waals surface area contributed by atoms with E-state index in [1.807, 2.05) is 65.2 Å². The third-order valence-corrected chi connectivity index (χ3v) is 7.21. The summed E-state index contributed by atoms with van der Waals surface area (Å²) < 4.78 is 7.17. The number of aryl methyl sites for hydroxylation is 1. The molecule has 8 nitrogen and oxygen atoms in total. The average Bonchev–Trinajstić information content (AvgIpc) is 3.22. The highest BCUT2D eigenvalue weighted by Crippen LogP contribution is 2.45. The number of rotatable bonds is 3. The van der Waals surface area contributed by atoms with Gasteiger partial charge >= 0.3 is 6.09 Å². The van der Waals surface area contributed by atoms with E-state index < -0.39 is 12.0 Å². The molecule has 0 saturated carbocycles. The second kappa shape index (κ2) is 9.09. The van der Waals surface area contributed by atoms with Crippen LogP contribution < -0.4 is 0 Å². The molecule has 0 bridgehead atoms. The molecule has 0 radical (unpaired) electrons. The maximum atomic E-state index is 14.1. The molecule has 1 saturated heterocycles. The molecule has 0 aliphatic carbocycles. The Labute approximate surface area is 204 Å². The molecule has 5 rings (SSSR count). The molecule has 3 heterocycles. The molecule has 2 unspecified atom stereocenters. The summed E-state index contributed by atoms with van der Waals surface area (Å²) in [5.41, 5.74) is 3.33. The van der Waals surface area contributed by atoms with E-state index >= 15 is 0 Å². The lowest BCUT2D eigenvalue weighted by atomic mass is 9.79. The van der Waals surface area contributed by atoms with Crippen molar-refractivity contribution in [2.75, 3.05) is 39.8 Å². The number of hydrogen-bond acceptors (Lipinski definition) is 4. The maximum Gasteiger partial charge on any atom is 0.409 e. The molecule has 1 fully saturated rings. The van der Waals surface area contributed by atoms with Crippen LogP contribution in [0.15, 0.2) is 54.7 Å². The lowest BCUT2D eigenvalue weighted by Crippen LogP contribution is -2.54. The second-order valence-electron chi connectivity index (χ2n) is 9.15. The fourth-order valence-electron chi connectivity index (χ4n) is 5.46. The van der Waals surface area contributed by atoms with Gasteiger partial charge in [-0.2, -0.15) is 0 Å². The summed E-state index contributed by atoms with van der Waals surface area (Å²) >= 11 is 0. The highest BCUT2D eigenvalue weighted by atomic mass is 16.6. The van der Waals surface area contributed by atoms with Crippen LogP contribution in [-0.4, -0.2) is 77.0 Å². The summed E-state index contributed by atoms with van der Waals surface area (Å²) in [5.74, 6) is -0.665. The maximum absolute atomic E-state index is 14.1. The van der Waals surface area contributed by atoms with Gasteiger partial charge in [0.05, 0.1) is 18.6 Å². The van der Waals surface area contributed by atoms with E-state index in [0.29, 0.717) is 38.3 Å². The van der Waals surface area contributed by atoms with Gasteiger partial charge in [-0.1, -0.05) is 36.4 Å². The zero-order valence-electron chi connectivity index (χ0n) is 20.3. The Morgan fingerprint density at radius 1 is 0.914 bits per heavy atom. The predicted molar refractivity (Wildman–Crippen MR) is 132 cm³/mol. The van der Waals surface area contributed by atoms with Crippen LogP contribution in [0.25, 0.3) is 10.9 Å². The summed E-state index contributed by atoms with van der Waals surface area (Å²) in [6, 6.07) is 15.0. The molecule has 3 amide bonds. The number of aromatic nitrogens is 1. The van der Waals surface area contributed by atoms with Gasteiger partial charge < -0.3 is 24.0 Å². The Kier molecular flexibility index (Phi) is 5.96. The van der Waals surface area contributed by atoms with E-state index in [9.17, 15) is 14.4 Å². The number of amides is 3. The van der Waals surface area contributed by atoms with Crippen LogP contribution in [0, 0.1) is 0 Å². The molecule has 1 aromatic heterocycles. The number of likely N-dealkylation sites (N-methyl/N-ethyl adjacent to an activating group) is 1. The number of piperazine rings is 1. The monoisotopic (exact) mass is 474 g/mol. The Morgan fingerprint density at radius 2 is 1.57 bits per heavy atom. The largest absolute Gasteiger partial charge is 0.450 e. The van der Waals surface area contributed by atoms with Gasteiger partial charge in [0.15, 0.2) is 0 Å². The fourth-order valence-corrected chi connectivity index (χ4v) is 5.46. The quantitative estimate of drug-likeness (QED) is 0.583. The Balaban J connectivity index is 1.55. The predicted octanol–water partition coefficient (Wildman–Crippen LogP) is 3.39. The number of carbonyl (C=O) groups excluding carboxylic acids is 3. The van der Waals surface area contributed by atoms with Crippen LogP contribution in [0.1, 0.15) is 40.4 Å². The normalized spacial score (nSPS) is 20.2. The number of carbonyl (C=O) groups is 3. The zero-order chi connectivity index (χ0) is 24.7. The van der Waals surface area contributed by atoms with Gasteiger partial charge in [0.25, 0.3) is 5.91 Å². The van der Waals surface area contributed by atoms with E-state index in [-0.39, 0.29) is 17.9 Å². The van der Waals surface area contributed by atoms with Crippen molar-refractivity contribution in [3.05, 3.63) is 71.4 Å². The molecule has 2 aliphatic heterocycles. The van der Waals surface area contributed by atoms with Crippen molar-refractivity contribution in [3.63, 3.8) is 0 Å². The van der Waals surface area contributed by atoms with Crippen LogP contribution in [0.4, 0.5) is 4.79 Å². The van der Waals surface area contributed by atoms with Crippen molar-refractivity contribution in [1.29, 1.82) is 0 Å². The van der Waals surface area contributed by atoms with E-state index in [1.165, 1.54) is 0 Å². The van der Waals surface area contributed by atoms with Crippen molar-refractivity contribution in [3.8, 4) is 0 Å². The van der Waals surface area contributed by atoms with Crippen molar-refractivity contribution in [1.82, 2.24) is 19.3 Å². The Hall–Kier alpha value is -3.81. The topological polar surface area (TPSA) is 75.1 Å². The third-order valence-electron chi connectivity index (χ3n) is 7.21. The molecule has 2 aromatic carbocycles. The number of hydrogen-bond donors (Lipinski definition) is 0. The van der Waals surface area contributed by atoms with E-state index in [0.717, 1.165) is 22.0 Å². The van der Waals surface area contributed by atoms with E-state index in [2.05, 4.69) is 0 Å². The number of para-hydroxylation sites is 1. The van der Waals surface area contributed by atoms with Gasteiger partial charge in [-0.3, -0.25) is 9.59 Å². The molecule has 182 valence electrons. The standard InChI is InChI=1S/C27H30N4O4/c1-4-35-27(34)31-15-13-30(14-16-31)26(33)23-19-10-5-6-11-20(19)25(32)29(3)24(23)21-17-28(2)22-12-8-7-9-18(21)22/h5-12,17,23-24H,4,13-16H2,1-3H3. The van der Waals surface area contributed by atoms with Gasteiger partial charge in [-0.15, -0.1) is 0 Å². The second-order valence-corrected chi connectivity index (χ2v) is 9.15. The molecule has 0 N–H and O–H groups in total. The number of fused-ring (bicyclic) bond motifs is 2. The van der Waals surface area contributed by atoms with E-state index in [4.69, 9.17) is 4.74 Å². The Morgan fingerprint density at radius 3 is 2.31 bits per heavy atom. The lowest BCUT2D eigenvalue weighted by Gasteiger charge is -2.43. The summed E-state index contributed by atoms with van der Waals surface area (Å²) in [7, 11) is 3.76. The fraction of sp³-hybridized carbons (Fsp3) is 0.370. The van der Waals surface area contributed by atoms with Gasteiger partial charge in [0.2, 0.25) is 5.91 Å². The molecule has 8 heteroatoms. The summed E-state index contributed by atoms with van der Waals surface area (Å²) in [5, 5.41) is 1.03. The van der Waals surface area contributed by atoms with Gasteiger partial charge in [0, 0.05) is 68.5 Å². The van der Waals surface area contributed by atoms with Gasteiger partial charge in [0.1, 0.15) is 0 Å². The van der Waals surface area contributed by atoms with Crippen LogP contribution in [-0.2, 0) is 16.6 Å². The average molecular weight is 475 g/mol. The Bertz CT molecular complexity index is 1290. The molecule has 0 spiro atoms. The first-order valence-electron chi connectivity index (χ1n) is 12.0. The molecule has 35 heavy (non-hydrogen) atoms. The van der Waals surface area contributed by atoms with Crippen LogP contribution in [0.5, 0.6) is 0 Å². The van der Waals surface area contributed by atoms with Gasteiger partial charge in [-0.25, -0.2) is 4.79 Å². The summed E-state index contributed by atoms with van der Waals surface area (Å²) in [6.45, 7) is 3.80. The SMILES string of the molecule is CCOC(=O)N1CCN(C(=O)C2c3ccccc3C(=O)N(C)C2c2cn(C)c3ccccc23)CC1. The minimum atomic E-state index is -0.547. The number of nitrogens with zero attached hydrogens (tertiary/aromatic N) is 4. The lowest BCUT2D eigenvalue weighted by molar-refractivity contribution is -0.136. The van der Waals surface area contributed by atoms with Crippen molar-refractivity contribution < 1.29 is 19.1 Å². The van der Waals surface area contributed by atoms with E-state index in [1.54, 1.807) is 29.8 Å². The smallest absolute Gasteiger partial charge is 0.409 e. The molecule has 2 aliphatic rings. The molecule has 2 atom stereocenters. The number of benzene rings is 2. The highest BCUT2D eigenvalue weighted by Gasteiger charge is 2.45. The van der Waals surface area contributed by atoms with Crippen molar-refractivity contribution in [2.24, 2.45) is 7.05 Å². The summed E-state index contributed by atoms with van der Waals surface area (Å²) in [4.78, 5) is 44.9. The first-order chi connectivity index (χ1) is 16.9. The third kappa shape index (κ3) is 3.83. The molecule has 3 aromatic rings. The minimum absolute atomic E-state index is 0.0294. The molecular weight excluding hydrogens is 444 g/mol. The molecular formula is C27H30N4O4. The highest BCUT2D eigenvalue weighted by molar-refractivity contribution is 6.02.